The van der Waals surface area contributed by atoms with E-state index >= 15 is 0 Å². The molecule has 0 spiro atoms. The third-order valence-electron chi connectivity index (χ3n) is 8.24. The Morgan fingerprint density at radius 2 is 1.42 bits per heavy atom. The van der Waals surface area contributed by atoms with Gasteiger partial charge in [-0.2, -0.15) is 0 Å². The van der Waals surface area contributed by atoms with Crippen molar-refractivity contribution in [2.75, 3.05) is 0 Å². The maximum atomic E-state index is 2.64. The lowest BCUT2D eigenvalue weighted by molar-refractivity contribution is 0.770. The molecule has 0 aliphatic heterocycles. The van der Waals surface area contributed by atoms with Crippen LogP contribution in [0.2, 0.25) is 30.2 Å². The summed E-state index contributed by atoms with van der Waals surface area (Å²) in [5.74, 6) is 0. The van der Waals surface area contributed by atoms with Crippen molar-refractivity contribution in [2.24, 2.45) is 0 Å². The van der Waals surface area contributed by atoms with Crippen LogP contribution < -0.4 is 15.6 Å². The van der Waals surface area contributed by atoms with Gasteiger partial charge >= 0.3 is 0 Å². The van der Waals surface area contributed by atoms with Gasteiger partial charge < -0.3 is 0 Å². The highest BCUT2D eigenvalue weighted by Crippen LogP contribution is 2.56. The second-order valence-electron chi connectivity index (χ2n) is 11.1. The maximum Gasteiger partial charge on any atom is 0.134 e. The largest absolute Gasteiger partial charge is 0.134 e. The summed E-state index contributed by atoms with van der Waals surface area (Å²) in [6.45, 7) is 24.3. The molecule has 0 saturated carbocycles. The SMILES string of the molecule is CCC(C)[Si](c1ccccc1)(c1cc(C)cc([Si](C)(C)C)c1)C1(C)C=C(C)C(C)=C1C. The standard InChI is InChI=1S/C29H42Si2/c1-11-23(4)31(26-15-13-12-14-16-26,29(7)20-22(3)24(5)25(29)6)28-18-21(2)17-27(19-28)30(8,9)10/h12-20,23H,11H2,1-10H3. The van der Waals surface area contributed by atoms with Crippen LogP contribution in [0.1, 0.15) is 53.5 Å². The lowest BCUT2D eigenvalue weighted by atomic mass is 10.0. The first-order valence-corrected chi connectivity index (χ1v) is 17.5. The molecule has 0 radical (unpaired) electrons. The van der Waals surface area contributed by atoms with E-state index in [9.17, 15) is 0 Å². The van der Waals surface area contributed by atoms with Crippen LogP contribution in [0.25, 0.3) is 0 Å². The van der Waals surface area contributed by atoms with Crippen LogP contribution in [-0.2, 0) is 0 Å². The summed E-state index contributed by atoms with van der Waals surface area (Å²) >= 11 is 0. The summed E-state index contributed by atoms with van der Waals surface area (Å²) < 4.78 is 0. The van der Waals surface area contributed by atoms with Crippen molar-refractivity contribution in [3.8, 4) is 0 Å². The molecule has 31 heavy (non-hydrogen) atoms. The van der Waals surface area contributed by atoms with Gasteiger partial charge in [0.05, 0.1) is 8.07 Å². The number of allylic oxidation sites excluding steroid dienone is 4. The molecular weight excluding hydrogens is 404 g/mol. The average molecular weight is 447 g/mol. The fourth-order valence-corrected chi connectivity index (χ4v) is 14.5. The van der Waals surface area contributed by atoms with Crippen molar-refractivity contribution in [1.82, 2.24) is 0 Å². The molecule has 166 valence electrons. The fourth-order valence-electron chi connectivity index (χ4n) is 6.04. The highest BCUT2D eigenvalue weighted by Gasteiger charge is 2.57. The first-order chi connectivity index (χ1) is 14.4. The fraction of sp³-hybridized carbons (Fsp3) is 0.448. The molecule has 3 unspecified atom stereocenters. The Labute approximate surface area is 193 Å². The lowest BCUT2D eigenvalue weighted by Crippen LogP contribution is -2.68. The third kappa shape index (κ3) is 3.76. The van der Waals surface area contributed by atoms with Gasteiger partial charge in [-0.25, -0.2) is 0 Å². The number of hydrogen-bond donors (Lipinski definition) is 0. The van der Waals surface area contributed by atoms with Gasteiger partial charge in [0.1, 0.15) is 8.07 Å². The highest BCUT2D eigenvalue weighted by atomic mass is 28.3. The Morgan fingerprint density at radius 1 is 0.839 bits per heavy atom. The predicted molar refractivity (Wildman–Crippen MR) is 146 cm³/mol. The quantitative estimate of drug-likeness (QED) is 0.421. The highest BCUT2D eigenvalue weighted by molar-refractivity contribution is 7.06. The Bertz CT molecular complexity index is 1020. The first-order valence-electron chi connectivity index (χ1n) is 12.0. The Balaban J connectivity index is 2.52. The van der Waals surface area contributed by atoms with Gasteiger partial charge in [0.25, 0.3) is 0 Å². The molecule has 2 heteroatoms. The molecule has 1 aliphatic carbocycles. The summed E-state index contributed by atoms with van der Waals surface area (Å²) in [5, 5.41) is 4.88. The molecule has 0 heterocycles. The number of hydrogen-bond acceptors (Lipinski definition) is 0. The summed E-state index contributed by atoms with van der Waals surface area (Å²) in [6.07, 6.45) is 3.84. The number of rotatable bonds is 6. The third-order valence-corrected chi connectivity index (χ3v) is 16.7. The zero-order valence-electron chi connectivity index (χ0n) is 21.5. The summed E-state index contributed by atoms with van der Waals surface area (Å²) in [5.41, 5.74) is 6.59. The Morgan fingerprint density at radius 3 is 1.90 bits per heavy atom. The molecule has 3 atom stereocenters. The van der Waals surface area contributed by atoms with Gasteiger partial charge in [-0.3, -0.25) is 0 Å². The van der Waals surface area contributed by atoms with Crippen LogP contribution >= 0.6 is 0 Å². The molecule has 0 nitrogen and oxygen atoms in total. The van der Waals surface area contributed by atoms with Crippen molar-refractivity contribution >= 4 is 31.7 Å². The van der Waals surface area contributed by atoms with Crippen molar-refractivity contribution in [3.05, 3.63) is 76.9 Å². The maximum absolute atomic E-state index is 2.64. The van der Waals surface area contributed by atoms with Crippen LogP contribution in [-0.4, -0.2) is 16.1 Å². The van der Waals surface area contributed by atoms with Crippen LogP contribution in [0.4, 0.5) is 0 Å². The molecule has 2 aromatic rings. The zero-order chi connectivity index (χ0) is 23.2. The van der Waals surface area contributed by atoms with Crippen LogP contribution in [0.15, 0.2) is 71.3 Å². The molecule has 0 saturated heterocycles. The van der Waals surface area contributed by atoms with Gasteiger partial charge in [0, 0.05) is 5.04 Å². The zero-order valence-corrected chi connectivity index (χ0v) is 23.5. The molecule has 1 aliphatic rings. The monoisotopic (exact) mass is 446 g/mol. The topological polar surface area (TPSA) is 0 Å². The van der Waals surface area contributed by atoms with E-state index in [1.165, 1.54) is 23.1 Å². The Hall–Kier alpha value is -1.65. The minimum Gasteiger partial charge on any atom is -0.0733 e. The molecule has 0 N–H and O–H groups in total. The minimum atomic E-state index is -2.24. The van der Waals surface area contributed by atoms with E-state index < -0.39 is 16.1 Å². The molecule has 0 fully saturated rings. The van der Waals surface area contributed by atoms with Gasteiger partial charge in [-0.05, 0) is 38.8 Å². The molecule has 0 aromatic heterocycles. The summed E-state index contributed by atoms with van der Waals surface area (Å²) in [4.78, 5) is 0. The van der Waals surface area contributed by atoms with E-state index in [0.717, 1.165) is 0 Å². The van der Waals surface area contributed by atoms with Crippen LogP contribution in [0, 0.1) is 6.92 Å². The number of benzene rings is 2. The molecule has 2 aromatic carbocycles. The second kappa shape index (κ2) is 8.37. The molecule has 3 rings (SSSR count). The van der Waals surface area contributed by atoms with E-state index in [1.807, 2.05) is 0 Å². The van der Waals surface area contributed by atoms with Crippen molar-refractivity contribution in [2.45, 2.75) is 85.1 Å². The average Bonchev–Trinajstić information content (AvgIpc) is 2.91. The van der Waals surface area contributed by atoms with Gasteiger partial charge in [-0.15, -0.1) is 0 Å². The van der Waals surface area contributed by atoms with E-state index in [1.54, 1.807) is 21.1 Å². The van der Waals surface area contributed by atoms with Gasteiger partial charge in [-0.1, -0.05) is 134 Å². The van der Waals surface area contributed by atoms with E-state index in [-0.39, 0.29) is 5.04 Å². The van der Waals surface area contributed by atoms with Gasteiger partial charge in [0.2, 0.25) is 0 Å². The van der Waals surface area contributed by atoms with Crippen LogP contribution in [0.3, 0.4) is 0 Å². The second-order valence-corrected chi connectivity index (χ2v) is 21.0. The van der Waals surface area contributed by atoms with Gasteiger partial charge in [0.15, 0.2) is 0 Å². The van der Waals surface area contributed by atoms with Crippen molar-refractivity contribution in [3.63, 3.8) is 0 Å². The predicted octanol–water partition coefficient (Wildman–Crippen LogP) is 6.96. The van der Waals surface area contributed by atoms with Crippen molar-refractivity contribution in [1.29, 1.82) is 0 Å². The van der Waals surface area contributed by atoms with E-state index in [4.69, 9.17) is 0 Å². The number of aryl methyl sites for hydroxylation is 1. The molecular formula is C29H42Si2. The van der Waals surface area contributed by atoms with E-state index in [2.05, 4.69) is 123 Å². The minimum absolute atomic E-state index is 0.0719. The van der Waals surface area contributed by atoms with Crippen molar-refractivity contribution < 1.29 is 0 Å². The first kappa shape index (κ1) is 24.0. The van der Waals surface area contributed by atoms with E-state index in [0.29, 0.717) is 5.54 Å². The summed E-state index contributed by atoms with van der Waals surface area (Å²) in [6, 6.07) is 19.2. The molecule has 0 amide bonds. The normalized spacial score (nSPS) is 22.3. The molecule has 0 bridgehead atoms. The lowest BCUT2D eigenvalue weighted by Gasteiger charge is -2.50. The smallest absolute Gasteiger partial charge is 0.0733 e. The Kier molecular flexibility index (Phi) is 6.48. The van der Waals surface area contributed by atoms with Crippen LogP contribution in [0.5, 0.6) is 0 Å². The summed E-state index contributed by atoms with van der Waals surface area (Å²) in [7, 11) is -3.68.